The topological polar surface area (TPSA) is 64.6 Å². The average Bonchev–Trinajstić information content (AvgIpc) is 2.60. The zero-order valence-electron chi connectivity index (χ0n) is 13.5. The van der Waals surface area contributed by atoms with Crippen molar-refractivity contribution in [1.29, 1.82) is 0 Å². The van der Waals surface area contributed by atoms with Crippen LogP contribution >= 0.6 is 15.9 Å². The minimum Gasteiger partial charge on any atom is -0.496 e. The Bertz CT molecular complexity index is 728. The summed E-state index contributed by atoms with van der Waals surface area (Å²) in [6, 6.07) is 11.7. The van der Waals surface area contributed by atoms with Gasteiger partial charge in [0.25, 0.3) is 5.91 Å². The molecule has 2 rings (SSSR count). The van der Waals surface area contributed by atoms with E-state index in [4.69, 9.17) is 9.47 Å². The number of esters is 1. The van der Waals surface area contributed by atoms with Crippen molar-refractivity contribution >= 4 is 33.5 Å². The molecule has 0 saturated heterocycles. The maximum Gasteiger partial charge on any atom is 0.338 e. The summed E-state index contributed by atoms with van der Waals surface area (Å²) in [4.78, 5) is 24.0. The molecule has 0 fully saturated rings. The van der Waals surface area contributed by atoms with Gasteiger partial charge in [0.1, 0.15) is 5.75 Å². The molecule has 0 spiro atoms. The summed E-state index contributed by atoms with van der Waals surface area (Å²) in [6.45, 7) is 2.33. The van der Waals surface area contributed by atoms with E-state index in [9.17, 15) is 9.59 Å². The molecule has 0 unspecified atom stereocenters. The molecular formula is C18H18BrNO4. The summed E-state index contributed by atoms with van der Waals surface area (Å²) in [5.41, 5.74) is 1.54. The van der Waals surface area contributed by atoms with Crippen LogP contribution in [0.5, 0.6) is 5.75 Å². The lowest BCUT2D eigenvalue weighted by Crippen LogP contribution is -2.12. The Morgan fingerprint density at radius 2 is 1.75 bits per heavy atom. The van der Waals surface area contributed by atoms with Crippen molar-refractivity contribution in [3.63, 3.8) is 0 Å². The molecule has 2 aromatic carbocycles. The highest BCUT2D eigenvalue weighted by molar-refractivity contribution is 9.10. The van der Waals surface area contributed by atoms with E-state index in [0.29, 0.717) is 33.6 Å². The molecule has 1 N–H and O–H groups in total. The Morgan fingerprint density at radius 3 is 2.33 bits per heavy atom. The van der Waals surface area contributed by atoms with Gasteiger partial charge in [-0.2, -0.15) is 0 Å². The van der Waals surface area contributed by atoms with E-state index in [-0.39, 0.29) is 11.9 Å². The van der Waals surface area contributed by atoms with E-state index in [2.05, 4.69) is 21.2 Å². The molecule has 6 heteroatoms. The van der Waals surface area contributed by atoms with Crippen LogP contribution in [-0.2, 0) is 4.74 Å². The molecule has 1 amide bonds. The maximum absolute atomic E-state index is 12.3. The number of methoxy groups -OCH3 is 1. The molecule has 0 aliphatic carbocycles. The van der Waals surface area contributed by atoms with Gasteiger partial charge in [-0.3, -0.25) is 4.79 Å². The van der Waals surface area contributed by atoms with Crippen molar-refractivity contribution in [1.82, 2.24) is 0 Å². The van der Waals surface area contributed by atoms with Crippen LogP contribution in [0.2, 0.25) is 0 Å². The molecule has 0 aliphatic heterocycles. The molecule has 0 aliphatic rings. The summed E-state index contributed by atoms with van der Waals surface area (Å²) in [6.07, 6.45) is 0.775. The number of benzene rings is 2. The predicted molar refractivity (Wildman–Crippen MR) is 95.7 cm³/mol. The SMILES string of the molecule is CCCOC(=O)c1ccc(NC(=O)c2ccc(OC)c(Br)c2)cc1. The van der Waals surface area contributed by atoms with Crippen LogP contribution < -0.4 is 10.1 Å². The Balaban J connectivity index is 2.04. The molecule has 0 aromatic heterocycles. The number of nitrogens with one attached hydrogen (secondary N) is 1. The quantitative estimate of drug-likeness (QED) is 0.746. The Labute approximate surface area is 149 Å². The second-order valence-electron chi connectivity index (χ2n) is 5.02. The third kappa shape index (κ3) is 4.58. The fourth-order valence-corrected chi connectivity index (χ4v) is 2.52. The fraction of sp³-hybridized carbons (Fsp3) is 0.222. The maximum atomic E-state index is 12.3. The van der Waals surface area contributed by atoms with Crippen LogP contribution in [0.1, 0.15) is 34.1 Å². The first-order valence-electron chi connectivity index (χ1n) is 7.47. The smallest absolute Gasteiger partial charge is 0.338 e. The normalized spacial score (nSPS) is 10.1. The van der Waals surface area contributed by atoms with Gasteiger partial charge < -0.3 is 14.8 Å². The van der Waals surface area contributed by atoms with E-state index in [1.807, 2.05) is 6.92 Å². The summed E-state index contributed by atoms with van der Waals surface area (Å²) in [7, 11) is 1.56. The summed E-state index contributed by atoms with van der Waals surface area (Å²) >= 11 is 3.35. The third-order valence-electron chi connectivity index (χ3n) is 3.23. The molecule has 24 heavy (non-hydrogen) atoms. The van der Waals surface area contributed by atoms with Crippen LogP contribution in [0.3, 0.4) is 0 Å². The van der Waals surface area contributed by atoms with Gasteiger partial charge in [0.2, 0.25) is 0 Å². The van der Waals surface area contributed by atoms with Gasteiger partial charge in [-0.05, 0) is 64.8 Å². The van der Waals surface area contributed by atoms with E-state index in [1.54, 1.807) is 49.6 Å². The number of anilines is 1. The lowest BCUT2D eigenvalue weighted by atomic mass is 10.1. The van der Waals surface area contributed by atoms with Crippen molar-refractivity contribution in [3.8, 4) is 5.75 Å². The zero-order chi connectivity index (χ0) is 17.5. The summed E-state index contributed by atoms with van der Waals surface area (Å²) in [5.74, 6) is 0.0370. The number of amides is 1. The number of hydrogen-bond donors (Lipinski definition) is 1. The van der Waals surface area contributed by atoms with E-state index >= 15 is 0 Å². The highest BCUT2D eigenvalue weighted by atomic mass is 79.9. The number of hydrogen-bond acceptors (Lipinski definition) is 4. The number of carbonyl (C=O) groups is 2. The van der Waals surface area contributed by atoms with E-state index in [1.165, 1.54) is 0 Å². The molecule has 0 radical (unpaired) electrons. The van der Waals surface area contributed by atoms with Crippen LogP contribution in [0.4, 0.5) is 5.69 Å². The predicted octanol–water partition coefficient (Wildman–Crippen LogP) is 4.28. The summed E-state index contributed by atoms with van der Waals surface area (Å²) in [5, 5.41) is 2.78. The second-order valence-corrected chi connectivity index (χ2v) is 5.87. The average molecular weight is 392 g/mol. The first-order chi connectivity index (χ1) is 11.5. The number of ether oxygens (including phenoxy) is 2. The Morgan fingerprint density at radius 1 is 1.08 bits per heavy atom. The standard InChI is InChI=1S/C18H18BrNO4/c1-3-10-24-18(22)12-4-7-14(8-5-12)20-17(21)13-6-9-16(23-2)15(19)11-13/h4-9,11H,3,10H2,1-2H3,(H,20,21). The first kappa shape index (κ1) is 18.0. The molecular weight excluding hydrogens is 374 g/mol. The number of rotatable bonds is 6. The molecule has 126 valence electrons. The minimum atomic E-state index is -0.367. The van der Waals surface area contributed by atoms with E-state index in [0.717, 1.165) is 6.42 Å². The first-order valence-corrected chi connectivity index (χ1v) is 8.26. The molecule has 5 nitrogen and oxygen atoms in total. The van der Waals surface area contributed by atoms with Gasteiger partial charge in [0, 0.05) is 11.3 Å². The zero-order valence-corrected chi connectivity index (χ0v) is 15.1. The van der Waals surface area contributed by atoms with Gasteiger partial charge in [-0.25, -0.2) is 4.79 Å². The Kier molecular flexibility index (Phi) is 6.37. The van der Waals surface area contributed by atoms with Gasteiger partial charge >= 0.3 is 5.97 Å². The van der Waals surface area contributed by atoms with Crippen LogP contribution in [0.15, 0.2) is 46.9 Å². The van der Waals surface area contributed by atoms with Crippen molar-refractivity contribution < 1.29 is 19.1 Å². The third-order valence-corrected chi connectivity index (χ3v) is 3.85. The molecule has 0 heterocycles. The highest BCUT2D eigenvalue weighted by Gasteiger charge is 2.10. The van der Waals surface area contributed by atoms with Gasteiger partial charge in [-0.15, -0.1) is 0 Å². The van der Waals surface area contributed by atoms with Gasteiger partial charge in [0.15, 0.2) is 0 Å². The molecule has 0 saturated carbocycles. The molecule has 2 aromatic rings. The largest absolute Gasteiger partial charge is 0.496 e. The second kappa shape index (κ2) is 8.49. The fourth-order valence-electron chi connectivity index (χ4n) is 1.98. The molecule has 0 atom stereocenters. The van der Waals surface area contributed by atoms with Crippen molar-refractivity contribution in [3.05, 3.63) is 58.1 Å². The lowest BCUT2D eigenvalue weighted by Gasteiger charge is -2.08. The van der Waals surface area contributed by atoms with Crippen molar-refractivity contribution in [2.45, 2.75) is 13.3 Å². The number of carbonyl (C=O) groups excluding carboxylic acids is 2. The minimum absolute atomic E-state index is 0.250. The van der Waals surface area contributed by atoms with Gasteiger partial charge in [0.05, 0.1) is 23.8 Å². The van der Waals surface area contributed by atoms with E-state index < -0.39 is 0 Å². The lowest BCUT2D eigenvalue weighted by molar-refractivity contribution is 0.0505. The van der Waals surface area contributed by atoms with Crippen molar-refractivity contribution in [2.75, 3.05) is 19.0 Å². The monoisotopic (exact) mass is 391 g/mol. The Hall–Kier alpha value is -2.34. The van der Waals surface area contributed by atoms with Gasteiger partial charge in [-0.1, -0.05) is 6.92 Å². The highest BCUT2D eigenvalue weighted by Crippen LogP contribution is 2.26. The molecule has 0 bridgehead atoms. The van der Waals surface area contributed by atoms with Crippen molar-refractivity contribution in [2.24, 2.45) is 0 Å². The number of halogens is 1. The van der Waals surface area contributed by atoms with Crippen LogP contribution in [0, 0.1) is 0 Å². The van der Waals surface area contributed by atoms with Crippen LogP contribution in [0.25, 0.3) is 0 Å². The summed E-state index contributed by atoms with van der Waals surface area (Å²) < 4.78 is 10.9. The van der Waals surface area contributed by atoms with Crippen LogP contribution in [-0.4, -0.2) is 25.6 Å².